The molecule has 124 valence electrons. The minimum atomic E-state index is -5.28. The molecule has 0 aromatic rings. The van der Waals surface area contributed by atoms with Crippen LogP contribution in [-0.2, 0) is 23.4 Å². The number of halogens is 3. The van der Waals surface area contributed by atoms with Crippen LogP contribution in [0.1, 0.15) is 27.2 Å². The highest BCUT2D eigenvalue weighted by Crippen LogP contribution is 2.55. The van der Waals surface area contributed by atoms with E-state index in [1.807, 2.05) is 0 Å². The van der Waals surface area contributed by atoms with E-state index >= 15 is 0 Å². The molecule has 0 fully saturated rings. The van der Waals surface area contributed by atoms with Crippen LogP contribution in [0.4, 0.5) is 13.2 Å². The molecule has 0 spiro atoms. The molecule has 0 radical (unpaired) electrons. The first-order valence-electron chi connectivity index (χ1n) is 5.92. The third-order valence-electron chi connectivity index (χ3n) is 2.36. The summed E-state index contributed by atoms with van der Waals surface area (Å²) in [5.74, 6) is -3.50. The van der Waals surface area contributed by atoms with Gasteiger partial charge in [-0.25, -0.2) is 0 Å². The average Bonchev–Trinajstić information content (AvgIpc) is 2.27. The highest BCUT2D eigenvalue weighted by atomic mass is 31.2. The van der Waals surface area contributed by atoms with Gasteiger partial charge in [0.1, 0.15) is 5.28 Å². The normalized spacial score (nSPS) is 17.5. The monoisotopic (exact) mass is 335 g/mol. The van der Waals surface area contributed by atoms with Gasteiger partial charge in [-0.15, -0.1) is 0 Å². The largest absolute Gasteiger partial charge is 0.471 e. The van der Waals surface area contributed by atoms with E-state index in [4.69, 9.17) is 0 Å². The van der Waals surface area contributed by atoms with Crippen molar-refractivity contribution in [1.82, 2.24) is 5.32 Å². The first-order chi connectivity index (χ1) is 9.39. The van der Waals surface area contributed by atoms with E-state index in [0.717, 1.165) is 6.92 Å². The quantitative estimate of drug-likeness (QED) is 0.541. The fourth-order valence-electron chi connectivity index (χ4n) is 1.34. The van der Waals surface area contributed by atoms with Crippen molar-refractivity contribution in [3.63, 3.8) is 0 Å². The van der Waals surface area contributed by atoms with E-state index in [1.54, 1.807) is 0 Å². The molecule has 0 bridgehead atoms. The molecule has 21 heavy (non-hydrogen) atoms. The Labute approximate surface area is 119 Å². The summed E-state index contributed by atoms with van der Waals surface area (Å²) in [6, 6.07) is 0. The standard InChI is InChI=1S/C10H17F3NO6P/c1-4-19-7(15)6-9(3,21(17,18)20-5-2)14-8(16)10(11,12)13/h4-6H2,1-3H3,(H,14,16)(H,17,18). The lowest BCUT2D eigenvalue weighted by Crippen LogP contribution is -2.52. The van der Waals surface area contributed by atoms with Gasteiger partial charge in [0.15, 0.2) is 0 Å². The number of ether oxygens (including phenoxy) is 1. The SMILES string of the molecule is CCOC(=O)CC(C)(NC(=O)C(F)(F)F)P(=O)(O)OCC. The number of hydrogen-bond acceptors (Lipinski definition) is 5. The van der Waals surface area contributed by atoms with Crippen LogP contribution < -0.4 is 5.32 Å². The average molecular weight is 335 g/mol. The number of amides is 1. The van der Waals surface area contributed by atoms with E-state index in [9.17, 15) is 32.2 Å². The summed E-state index contributed by atoms with van der Waals surface area (Å²) in [5.41, 5.74) is 0. The van der Waals surface area contributed by atoms with Crippen LogP contribution in [0.5, 0.6) is 0 Å². The number of carbonyl (C=O) groups is 2. The first kappa shape index (κ1) is 19.9. The van der Waals surface area contributed by atoms with Gasteiger partial charge >= 0.3 is 25.6 Å². The lowest BCUT2D eigenvalue weighted by atomic mass is 10.2. The highest BCUT2D eigenvalue weighted by Gasteiger charge is 2.52. The van der Waals surface area contributed by atoms with E-state index in [2.05, 4.69) is 9.26 Å². The Balaban J connectivity index is 5.41. The van der Waals surface area contributed by atoms with Gasteiger partial charge in [0.05, 0.1) is 19.6 Å². The predicted octanol–water partition coefficient (Wildman–Crippen LogP) is 1.56. The van der Waals surface area contributed by atoms with Crippen molar-refractivity contribution >= 4 is 19.5 Å². The van der Waals surface area contributed by atoms with E-state index in [1.165, 1.54) is 19.2 Å². The Morgan fingerprint density at radius 3 is 2.14 bits per heavy atom. The zero-order valence-electron chi connectivity index (χ0n) is 11.7. The second-order valence-electron chi connectivity index (χ2n) is 4.15. The third kappa shape index (κ3) is 5.64. The van der Waals surface area contributed by atoms with Crippen LogP contribution in [0.25, 0.3) is 0 Å². The Morgan fingerprint density at radius 1 is 1.24 bits per heavy atom. The van der Waals surface area contributed by atoms with Gasteiger partial charge in [-0.05, 0) is 20.8 Å². The van der Waals surface area contributed by atoms with E-state index in [0.29, 0.717) is 0 Å². The second-order valence-corrected chi connectivity index (χ2v) is 6.43. The molecule has 0 saturated heterocycles. The number of nitrogens with one attached hydrogen (secondary N) is 1. The Bertz CT molecular complexity index is 441. The molecule has 2 unspecified atom stereocenters. The smallest absolute Gasteiger partial charge is 0.466 e. The number of esters is 1. The van der Waals surface area contributed by atoms with Crippen LogP contribution >= 0.6 is 7.60 Å². The first-order valence-corrected chi connectivity index (χ1v) is 7.49. The predicted molar refractivity (Wildman–Crippen MR) is 65.3 cm³/mol. The molecule has 1 amide bonds. The van der Waals surface area contributed by atoms with E-state index in [-0.39, 0.29) is 13.2 Å². The minimum absolute atomic E-state index is 0.0769. The summed E-state index contributed by atoms with van der Waals surface area (Å²) < 4.78 is 57.9. The van der Waals surface area contributed by atoms with Crippen LogP contribution in [0, 0.1) is 0 Å². The number of carbonyl (C=O) groups excluding carboxylic acids is 2. The maximum Gasteiger partial charge on any atom is 0.471 e. The number of hydrogen-bond donors (Lipinski definition) is 2. The molecular weight excluding hydrogens is 318 g/mol. The molecule has 0 rings (SSSR count). The molecule has 0 aliphatic carbocycles. The Kier molecular flexibility index (Phi) is 6.85. The maximum absolute atomic E-state index is 12.3. The minimum Gasteiger partial charge on any atom is -0.466 e. The van der Waals surface area contributed by atoms with Crippen molar-refractivity contribution in [2.75, 3.05) is 13.2 Å². The Morgan fingerprint density at radius 2 is 1.76 bits per heavy atom. The van der Waals surface area contributed by atoms with Gasteiger partial charge in [0.25, 0.3) is 0 Å². The summed E-state index contributed by atoms with van der Waals surface area (Å²) >= 11 is 0. The van der Waals surface area contributed by atoms with Gasteiger partial charge in [0, 0.05) is 0 Å². The Hall–Kier alpha value is -1.12. The lowest BCUT2D eigenvalue weighted by Gasteiger charge is -2.33. The summed E-state index contributed by atoms with van der Waals surface area (Å²) in [6.07, 6.45) is -6.22. The molecule has 0 aliphatic heterocycles. The van der Waals surface area contributed by atoms with Gasteiger partial charge in [0.2, 0.25) is 0 Å². The summed E-state index contributed by atoms with van der Waals surface area (Å²) in [6.45, 7) is 3.22. The van der Waals surface area contributed by atoms with Gasteiger partial charge in [-0.3, -0.25) is 14.2 Å². The van der Waals surface area contributed by atoms with Crippen LogP contribution in [0.3, 0.4) is 0 Å². The van der Waals surface area contributed by atoms with Crippen LogP contribution in [-0.4, -0.2) is 41.4 Å². The van der Waals surface area contributed by atoms with Gasteiger partial charge < -0.3 is 19.5 Å². The van der Waals surface area contributed by atoms with Crippen molar-refractivity contribution in [1.29, 1.82) is 0 Å². The molecule has 0 aromatic heterocycles. The van der Waals surface area contributed by atoms with Crippen molar-refractivity contribution in [3.8, 4) is 0 Å². The highest BCUT2D eigenvalue weighted by molar-refractivity contribution is 7.54. The summed E-state index contributed by atoms with van der Waals surface area (Å²) in [5, 5.41) is -1.11. The molecule has 0 heterocycles. The topological polar surface area (TPSA) is 102 Å². The zero-order chi connectivity index (χ0) is 16.9. The fourth-order valence-corrected chi connectivity index (χ4v) is 2.55. The molecule has 0 aromatic carbocycles. The molecule has 0 saturated carbocycles. The zero-order valence-corrected chi connectivity index (χ0v) is 12.6. The lowest BCUT2D eigenvalue weighted by molar-refractivity contribution is -0.175. The molecule has 7 nitrogen and oxygen atoms in total. The van der Waals surface area contributed by atoms with Crippen LogP contribution in [0.15, 0.2) is 0 Å². The van der Waals surface area contributed by atoms with Crippen molar-refractivity contribution in [2.24, 2.45) is 0 Å². The fraction of sp³-hybridized carbons (Fsp3) is 0.800. The molecule has 2 N–H and O–H groups in total. The molecule has 2 atom stereocenters. The number of alkyl halides is 3. The van der Waals surface area contributed by atoms with Crippen molar-refractivity contribution in [3.05, 3.63) is 0 Å². The van der Waals surface area contributed by atoms with Gasteiger partial charge in [-0.2, -0.15) is 13.2 Å². The molecular formula is C10H17F3NO6P. The van der Waals surface area contributed by atoms with Crippen molar-refractivity contribution in [2.45, 2.75) is 38.6 Å². The van der Waals surface area contributed by atoms with Crippen LogP contribution in [0.2, 0.25) is 0 Å². The maximum atomic E-state index is 12.3. The molecule has 11 heteroatoms. The van der Waals surface area contributed by atoms with Gasteiger partial charge in [-0.1, -0.05) is 0 Å². The summed E-state index contributed by atoms with van der Waals surface area (Å²) in [4.78, 5) is 32.1. The second kappa shape index (κ2) is 7.24. The summed E-state index contributed by atoms with van der Waals surface area (Å²) in [7, 11) is -4.75. The van der Waals surface area contributed by atoms with E-state index < -0.39 is 37.3 Å². The number of rotatable bonds is 7. The third-order valence-corrected chi connectivity index (χ3v) is 4.49. The molecule has 0 aliphatic rings. The van der Waals surface area contributed by atoms with Crippen molar-refractivity contribution < 1.29 is 41.5 Å².